The van der Waals surface area contributed by atoms with Crippen molar-refractivity contribution >= 4 is 22.2 Å². The van der Waals surface area contributed by atoms with Gasteiger partial charge >= 0.3 is 0 Å². The number of aromatic nitrogens is 4. The lowest BCUT2D eigenvalue weighted by Crippen LogP contribution is -2.03. The van der Waals surface area contributed by atoms with Crippen molar-refractivity contribution in [1.82, 2.24) is 19.9 Å². The van der Waals surface area contributed by atoms with Crippen LogP contribution in [-0.2, 0) is 0 Å². The highest BCUT2D eigenvalue weighted by atomic mass is 15.0. The Labute approximate surface area is 297 Å². The van der Waals surface area contributed by atoms with Crippen molar-refractivity contribution in [3.05, 3.63) is 193 Å². The summed E-state index contributed by atoms with van der Waals surface area (Å²) in [6, 6.07) is 57.7. The molecular weight excluding hydrogens is 623 g/mol. The predicted octanol–water partition coefficient (Wildman–Crippen LogP) is 10.9. The van der Waals surface area contributed by atoms with Crippen molar-refractivity contribution in [3.63, 3.8) is 0 Å². The first kappa shape index (κ1) is 31.5. The fraction of sp³-hybridized carbons (Fsp3) is 0.0435. The molecule has 0 aliphatic heterocycles. The molecule has 0 saturated heterocycles. The zero-order valence-corrected chi connectivity index (χ0v) is 28.2. The number of nitrogens with zero attached hydrogens (tertiary/aromatic N) is 4. The van der Waals surface area contributed by atoms with Gasteiger partial charge in [0.05, 0.1) is 11.2 Å². The van der Waals surface area contributed by atoms with Gasteiger partial charge in [0.15, 0.2) is 17.5 Å². The Balaban J connectivity index is 1.24. The van der Waals surface area contributed by atoms with E-state index in [1.807, 2.05) is 72.8 Å². The smallest absolute Gasteiger partial charge is 0.182 e. The van der Waals surface area contributed by atoms with Gasteiger partial charge in [0.2, 0.25) is 0 Å². The Morgan fingerprint density at radius 2 is 0.980 bits per heavy atom. The van der Waals surface area contributed by atoms with Crippen molar-refractivity contribution in [1.29, 1.82) is 0 Å². The Kier molecular flexibility index (Phi) is 8.67. The Morgan fingerprint density at radius 3 is 1.63 bits per heavy atom. The number of fused-ring (bicyclic) bond motifs is 1. The van der Waals surface area contributed by atoms with E-state index < -0.39 is 0 Å². The summed E-state index contributed by atoms with van der Waals surface area (Å²) in [4.78, 5) is 20.0. The van der Waals surface area contributed by atoms with Gasteiger partial charge in [0, 0.05) is 22.1 Å². The molecule has 0 fully saturated rings. The number of nitrogen functional groups attached to an aromatic ring is 1. The number of nitrogens with two attached hydrogens (primary N) is 1. The highest BCUT2D eigenvalue weighted by Crippen LogP contribution is 2.36. The molecule has 5 nitrogen and oxygen atoms in total. The summed E-state index contributed by atoms with van der Waals surface area (Å²) in [6.07, 6.45) is 2.29. The molecule has 8 rings (SSSR count). The second kappa shape index (κ2) is 14.0. The van der Waals surface area contributed by atoms with E-state index in [-0.39, 0.29) is 5.92 Å². The second-order valence-electron chi connectivity index (χ2n) is 12.6. The first-order valence-corrected chi connectivity index (χ1v) is 17.1. The number of rotatable bonds is 8. The van der Waals surface area contributed by atoms with Crippen molar-refractivity contribution < 1.29 is 0 Å². The summed E-state index contributed by atoms with van der Waals surface area (Å²) < 4.78 is 0. The number of anilines is 1. The number of benzene rings is 6. The molecule has 8 aromatic rings. The van der Waals surface area contributed by atoms with Crippen molar-refractivity contribution in [2.75, 3.05) is 5.73 Å². The Hall–Kier alpha value is -6.72. The molecule has 0 amide bonds. The van der Waals surface area contributed by atoms with Gasteiger partial charge in [-0.1, -0.05) is 177 Å². The minimum absolute atomic E-state index is 0.164. The van der Waals surface area contributed by atoms with Crippen molar-refractivity contribution in [2.45, 2.75) is 12.8 Å². The van der Waals surface area contributed by atoms with Crippen LogP contribution in [0.2, 0.25) is 0 Å². The summed E-state index contributed by atoms with van der Waals surface area (Å²) >= 11 is 0. The van der Waals surface area contributed by atoms with Gasteiger partial charge < -0.3 is 5.73 Å². The summed E-state index contributed by atoms with van der Waals surface area (Å²) in [5, 5.41) is 0.942. The van der Waals surface area contributed by atoms with Gasteiger partial charge in [0.1, 0.15) is 5.69 Å². The van der Waals surface area contributed by atoms with Crippen LogP contribution in [0.15, 0.2) is 176 Å². The van der Waals surface area contributed by atoms with Crippen LogP contribution in [0.4, 0.5) is 5.69 Å². The molecule has 2 heterocycles. The largest absolute Gasteiger partial charge is 0.396 e. The summed E-state index contributed by atoms with van der Waals surface area (Å²) in [7, 11) is 0. The maximum Gasteiger partial charge on any atom is 0.182 e. The third-order valence-electron chi connectivity index (χ3n) is 9.17. The molecular formula is C46H35N5. The van der Waals surface area contributed by atoms with E-state index >= 15 is 0 Å². The molecule has 0 saturated carbocycles. The number of pyridine rings is 1. The minimum Gasteiger partial charge on any atom is -0.396 e. The molecule has 0 bridgehead atoms. The topological polar surface area (TPSA) is 77.6 Å². The lowest BCUT2D eigenvalue weighted by molar-refractivity contribution is 0.969. The molecule has 1 unspecified atom stereocenters. The van der Waals surface area contributed by atoms with Gasteiger partial charge in [-0.05, 0) is 39.8 Å². The molecule has 2 N–H and O–H groups in total. The van der Waals surface area contributed by atoms with Crippen LogP contribution in [0.25, 0.3) is 61.9 Å². The molecule has 0 radical (unpaired) electrons. The van der Waals surface area contributed by atoms with Crippen LogP contribution in [0.5, 0.6) is 0 Å². The Morgan fingerprint density at radius 1 is 0.490 bits per heavy atom. The average molecular weight is 658 g/mol. The van der Waals surface area contributed by atoms with Crippen molar-refractivity contribution in [2.24, 2.45) is 0 Å². The van der Waals surface area contributed by atoms with Crippen LogP contribution in [0.1, 0.15) is 29.5 Å². The van der Waals surface area contributed by atoms with Gasteiger partial charge in [-0.25, -0.2) is 19.9 Å². The number of allylic oxidation sites excluding steroid dienone is 1. The third-order valence-corrected chi connectivity index (χ3v) is 9.17. The second-order valence-corrected chi connectivity index (χ2v) is 12.6. The zero-order valence-electron chi connectivity index (χ0n) is 28.2. The van der Waals surface area contributed by atoms with E-state index in [0.29, 0.717) is 34.4 Å². The Bertz CT molecular complexity index is 2460. The fourth-order valence-electron chi connectivity index (χ4n) is 6.41. The SMILES string of the molecule is CC(/C=C(/c1ccccc1)c1ccc2ccc(-c3nc(-c4ccccc4)nc(-c4ccc(-c5ccccc5)cc4)n3)nc2c1N)c1ccccc1. The highest BCUT2D eigenvalue weighted by molar-refractivity contribution is 5.99. The van der Waals surface area contributed by atoms with E-state index in [9.17, 15) is 0 Å². The van der Waals surface area contributed by atoms with Crippen LogP contribution < -0.4 is 5.73 Å². The monoisotopic (exact) mass is 657 g/mol. The molecule has 0 spiro atoms. The van der Waals surface area contributed by atoms with Crippen LogP contribution in [0.3, 0.4) is 0 Å². The molecule has 5 heteroatoms. The van der Waals surface area contributed by atoms with Crippen molar-refractivity contribution in [3.8, 4) is 45.4 Å². The fourth-order valence-corrected chi connectivity index (χ4v) is 6.41. The molecule has 1 atom stereocenters. The van der Waals surface area contributed by atoms with Crippen LogP contribution >= 0.6 is 0 Å². The van der Waals surface area contributed by atoms with Gasteiger partial charge in [-0.15, -0.1) is 0 Å². The zero-order chi connectivity index (χ0) is 34.6. The molecule has 0 aliphatic carbocycles. The number of hydrogen-bond acceptors (Lipinski definition) is 5. The molecule has 6 aromatic carbocycles. The van der Waals surface area contributed by atoms with Gasteiger partial charge in [-0.2, -0.15) is 0 Å². The number of hydrogen-bond donors (Lipinski definition) is 1. The minimum atomic E-state index is 0.164. The maximum atomic E-state index is 7.07. The maximum absolute atomic E-state index is 7.07. The van der Waals surface area contributed by atoms with E-state index in [0.717, 1.165) is 44.3 Å². The lowest BCUT2D eigenvalue weighted by Gasteiger charge is -2.16. The van der Waals surface area contributed by atoms with E-state index in [4.69, 9.17) is 25.7 Å². The van der Waals surface area contributed by atoms with Gasteiger partial charge in [0.25, 0.3) is 0 Å². The van der Waals surface area contributed by atoms with E-state index in [1.54, 1.807) is 0 Å². The predicted molar refractivity (Wildman–Crippen MR) is 210 cm³/mol. The summed E-state index contributed by atoms with van der Waals surface area (Å²) in [5.74, 6) is 1.80. The van der Waals surface area contributed by atoms with Crippen LogP contribution in [0, 0.1) is 0 Å². The average Bonchev–Trinajstić information content (AvgIpc) is 3.21. The lowest BCUT2D eigenvalue weighted by atomic mass is 9.90. The first-order chi connectivity index (χ1) is 25.1. The molecule has 51 heavy (non-hydrogen) atoms. The van der Waals surface area contributed by atoms with E-state index in [1.165, 1.54) is 5.56 Å². The van der Waals surface area contributed by atoms with Gasteiger partial charge in [-0.3, -0.25) is 0 Å². The standard InChI is InChI=1S/C46H35N5/c1-31(32-14-6-2-7-15-32)30-40(35-18-10-4-11-19-35)39-28-26-36-27-29-41(48-43(36)42(39)47)46-50-44(37-20-12-5-13-21-37)49-45(51-46)38-24-22-34(23-25-38)33-16-8-3-9-17-33/h2-31H,47H2,1H3/b40-30-. The van der Waals surface area contributed by atoms with E-state index in [2.05, 4.69) is 110 Å². The normalized spacial score (nSPS) is 12.1. The quantitative estimate of drug-likeness (QED) is 0.165. The molecule has 244 valence electrons. The third kappa shape index (κ3) is 6.65. The molecule has 2 aromatic heterocycles. The highest BCUT2D eigenvalue weighted by Gasteiger charge is 2.17. The summed E-state index contributed by atoms with van der Waals surface area (Å²) in [6.45, 7) is 2.21. The molecule has 0 aliphatic rings. The first-order valence-electron chi connectivity index (χ1n) is 17.1. The van der Waals surface area contributed by atoms with Crippen LogP contribution in [-0.4, -0.2) is 19.9 Å². The summed E-state index contributed by atoms with van der Waals surface area (Å²) in [5.41, 5.74) is 17.4.